The lowest BCUT2D eigenvalue weighted by atomic mass is 10.2. The number of likely N-dealkylation sites (tertiary alicyclic amines) is 1. The average molecular weight is 308 g/mol. The molecule has 3 rings (SSSR count). The predicted octanol–water partition coefficient (Wildman–Crippen LogP) is 1.58. The van der Waals surface area contributed by atoms with Gasteiger partial charge in [0, 0.05) is 44.6 Å². The summed E-state index contributed by atoms with van der Waals surface area (Å²) in [7, 11) is 0. The lowest BCUT2D eigenvalue weighted by molar-refractivity contribution is -0.135. The summed E-state index contributed by atoms with van der Waals surface area (Å²) in [5.41, 5.74) is 1.09. The van der Waals surface area contributed by atoms with Crippen molar-refractivity contribution in [1.82, 2.24) is 14.8 Å². The lowest BCUT2D eigenvalue weighted by Gasteiger charge is -2.38. The summed E-state index contributed by atoms with van der Waals surface area (Å²) < 4.78 is 0. The first-order valence-corrected chi connectivity index (χ1v) is 8.73. The third-order valence-corrected chi connectivity index (χ3v) is 5.53. The molecule has 6 heteroatoms. The topological polar surface area (TPSA) is 39.7 Å². The lowest BCUT2D eigenvalue weighted by Crippen LogP contribution is -2.54. The second-order valence-electron chi connectivity index (χ2n) is 6.00. The summed E-state index contributed by atoms with van der Waals surface area (Å²) in [5, 5.41) is 3.21. The Bertz CT molecular complexity index is 490. The Labute approximate surface area is 130 Å². The fourth-order valence-electron chi connectivity index (χ4n) is 3.15. The Morgan fingerprint density at radius 3 is 2.43 bits per heavy atom. The summed E-state index contributed by atoms with van der Waals surface area (Å²) in [6.45, 7) is 9.80. The Kier molecular flexibility index (Phi) is 4.45. The van der Waals surface area contributed by atoms with Crippen molar-refractivity contribution in [3.05, 3.63) is 11.1 Å². The first kappa shape index (κ1) is 14.8. The molecule has 5 nitrogen and oxygen atoms in total. The maximum atomic E-state index is 12.5. The number of carbonyl (C=O) groups is 1. The molecule has 0 saturated carbocycles. The van der Waals surface area contributed by atoms with Crippen molar-refractivity contribution < 1.29 is 4.79 Å². The van der Waals surface area contributed by atoms with Gasteiger partial charge in [0.25, 0.3) is 0 Å². The monoisotopic (exact) mass is 308 g/mol. The van der Waals surface area contributed by atoms with E-state index in [2.05, 4.69) is 27.1 Å². The van der Waals surface area contributed by atoms with Gasteiger partial charge in [-0.05, 0) is 26.7 Å². The number of rotatable bonds is 3. The Morgan fingerprint density at radius 2 is 1.86 bits per heavy atom. The number of nitrogens with zero attached hydrogens (tertiary/aromatic N) is 4. The minimum atomic E-state index is 0.0169. The maximum Gasteiger partial charge on any atom is 0.239 e. The number of carbonyl (C=O) groups excluding carboxylic acids is 1. The van der Waals surface area contributed by atoms with E-state index in [1.807, 2.05) is 11.8 Å². The van der Waals surface area contributed by atoms with Gasteiger partial charge in [-0.15, -0.1) is 11.3 Å². The van der Waals surface area contributed by atoms with Crippen LogP contribution in [0.2, 0.25) is 0 Å². The number of aryl methyl sites for hydroxylation is 1. The van der Waals surface area contributed by atoms with Crippen LogP contribution in [0, 0.1) is 6.92 Å². The first-order valence-electron chi connectivity index (χ1n) is 7.85. The highest BCUT2D eigenvalue weighted by atomic mass is 32.1. The number of anilines is 1. The number of hydrogen-bond acceptors (Lipinski definition) is 5. The van der Waals surface area contributed by atoms with Gasteiger partial charge in [-0.3, -0.25) is 9.69 Å². The minimum Gasteiger partial charge on any atom is -0.346 e. The minimum absolute atomic E-state index is 0.0169. The molecule has 0 unspecified atom stereocenters. The van der Waals surface area contributed by atoms with Crippen LogP contribution in [0.25, 0.3) is 0 Å². The zero-order chi connectivity index (χ0) is 14.8. The van der Waals surface area contributed by atoms with Crippen LogP contribution in [0.5, 0.6) is 0 Å². The molecule has 2 saturated heterocycles. The van der Waals surface area contributed by atoms with E-state index in [1.54, 1.807) is 11.3 Å². The Balaban J connectivity index is 1.54. The molecule has 2 aliphatic rings. The first-order chi connectivity index (χ1) is 10.1. The Hall–Kier alpha value is -1.14. The van der Waals surface area contributed by atoms with E-state index in [9.17, 15) is 4.79 Å². The quantitative estimate of drug-likeness (QED) is 0.850. The summed E-state index contributed by atoms with van der Waals surface area (Å²) in [6, 6.07) is 0.0169. The van der Waals surface area contributed by atoms with Gasteiger partial charge in [-0.1, -0.05) is 0 Å². The van der Waals surface area contributed by atoms with Crippen molar-refractivity contribution >= 4 is 22.4 Å². The van der Waals surface area contributed by atoms with Gasteiger partial charge in [-0.2, -0.15) is 0 Å². The molecule has 1 aromatic rings. The zero-order valence-corrected chi connectivity index (χ0v) is 13.7. The molecule has 1 atom stereocenters. The normalized spacial score (nSPS) is 21.8. The molecule has 0 spiro atoms. The molecule has 0 bridgehead atoms. The maximum absolute atomic E-state index is 12.5. The van der Waals surface area contributed by atoms with E-state index >= 15 is 0 Å². The van der Waals surface area contributed by atoms with Crippen LogP contribution in [0.15, 0.2) is 5.38 Å². The fourth-order valence-corrected chi connectivity index (χ4v) is 4.00. The highest BCUT2D eigenvalue weighted by Crippen LogP contribution is 2.22. The molecule has 116 valence electrons. The van der Waals surface area contributed by atoms with E-state index < -0.39 is 0 Å². The van der Waals surface area contributed by atoms with E-state index in [4.69, 9.17) is 0 Å². The summed E-state index contributed by atoms with van der Waals surface area (Å²) in [6.07, 6.45) is 2.32. The second kappa shape index (κ2) is 6.32. The van der Waals surface area contributed by atoms with E-state index in [-0.39, 0.29) is 6.04 Å². The van der Waals surface area contributed by atoms with Crippen molar-refractivity contribution in [3.8, 4) is 0 Å². The van der Waals surface area contributed by atoms with Gasteiger partial charge in [0.2, 0.25) is 5.91 Å². The van der Waals surface area contributed by atoms with Crippen LogP contribution >= 0.6 is 11.3 Å². The van der Waals surface area contributed by atoms with Crippen LogP contribution < -0.4 is 4.90 Å². The number of piperazine rings is 1. The number of aromatic nitrogens is 1. The summed E-state index contributed by atoms with van der Waals surface area (Å²) in [4.78, 5) is 23.7. The third-order valence-electron chi connectivity index (χ3n) is 4.51. The van der Waals surface area contributed by atoms with Crippen molar-refractivity contribution in [1.29, 1.82) is 0 Å². The highest BCUT2D eigenvalue weighted by molar-refractivity contribution is 7.13. The number of hydrogen-bond donors (Lipinski definition) is 0. The zero-order valence-electron chi connectivity index (χ0n) is 12.9. The molecule has 0 aromatic carbocycles. The van der Waals surface area contributed by atoms with Gasteiger partial charge in [0.1, 0.15) is 0 Å². The number of thiazole rings is 1. The van der Waals surface area contributed by atoms with Gasteiger partial charge in [0.05, 0.1) is 11.7 Å². The molecular weight excluding hydrogens is 284 g/mol. The Morgan fingerprint density at radius 1 is 1.19 bits per heavy atom. The molecule has 0 radical (unpaired) electrons. The molecule has 1 amide bonds. The van der Waals surface area contributed by atoms with Gasteiger partial charge < -0.3 is 9.80 Å². The standard InChI is InChI=1S/C15H24N4OS/c1-12-11-21-15(16-12)19-9-7-17(8-10-19)13(2)14(20)18-5-3-4-6-18/h11,13H,3-10H2,1-2H3/t13-/m0/s1. The van der Waals surface area contributed by atoms with Crippen LogP contribution in [0.1, 0.15) is 25.5 Å². The van der Waals surface area contributed by atoms with Crippen LogP contribution in [-0.2, 0) is 4.79 Å². The second-order valence-corrected chi connectivity index (χ2v) is 6.84. The summed E-state index contributed by atoms with van der Waals surface area (Å²) >= 11 is 1.71. The summed E-state index contributed by atoms with van der Waals surface area (Å²) in [5.74, 6) is 0.311. The molecule has 0 N–H and O–H groups in total. The van der Waals surface area contributed by atoms with Gasteiger partial charge in [-0.25, -0.2) is 4.98 Å². The van der Waals surface area contributed by atoms with E-state index in [0.717, 1.165) is 62.9 Å². The van der Waals surface area contributed by atoms with Crippen LogP contribution in [0.4, 0.5) is 5.13 Å². The van der Waals surface area contributed by atoms with Crippen molar-refractivity contribution in [2.45, 2.75) is 32.7 Å². The average Bonchev–Trinajstić information content (AvgIpc) is 3.17. The molecule has 2 fully saturated rings. The third kappa shape index (κ3) is 3.21. The SMILES string of the molecule is Cc1csc(N2CCN([C@@H](C)C(=O)N3CCCC3)CC2)n1. The molecule has 2 aliphatic heterocycles. The molecule has 0 aliphatic carbocycles. The largest absolute Gasteiger partial charge is 0.346 e. The highest BCUT2D eigenvalue weighted by Gasteiger charge is 2.30. The number of amides is 1. The van der Waals surface area contributed by atoms with E-state index in [1.165, 1.54) is 0 Å². The van der Waals surface area contributed by atoms with Crippen LogP contribution in [0.3, 0.4) is 0 Å². The fraction of sp³-hybridized carbons (Fsp3) is 0.733. The smallest absolute Gasteiger partial charge is 0.239 e. The molecule has 21 heavy (non-hydrogen) atoms. The van der Waals surface area contributed by atoms with Gasteiger partial charge in [0.15, 0.2) is 5.13 Å². The van der Waals surface area contributed by atoms with Gasteiger partial charge >= 0.3 is 0 Å². The predicted molar refractivity (Wildman–Crippen MR) is 85.9 cm³/mol. The van der Waals surface area contributed by atoms with Crippen LogP contribution in [-0.4, -0.2) is 66.0 Å². The molecule has 1 aromatic heterocycles. The van der Waals surface area contributed by atoms with Crippen molar-refractivity contribution in [2.24, 2.45) is 0 Å². The van der Waals surface area contributed by atoms with Crippen molar-refractivity contribution in [3.63, 3.8) is 0 Å². The molecular formula is C15H24N4OS. The van der Waals surface area contributed by atoms with E-state index in [0.29, 0.717) is 5.91 Å². The molecule has 3 heterocycles. The van der Waals surface area contributed by atoms with Crippen molar-refractivity contribution in [2.75, 3.05) is 44.2 Å².